The molecule has 5 rings (SSSR count). The number of nitrogens with one attached hydrogen (secondary N) is 3. The van der Waals surface area contributed by atoms with Gasteiger partial charge in [-0.2, -0.15) is 5.10 Å². The Bertz CT molecular complexity index is 1970. The third-order valence-electron chi connectivity index (χ3n) is 9.28. The van der Waals surface area contributed by atoms with Crippen LogP contribution in [0, 0.1) is 0 Å². The summed E-state index contributed by atoms with van der Waals surface area (Å²) in [5.74, 6) is -1.22. The number of halogens is 2. The number of nitrogens with two attached hydrogens (primary N) is 1. The first-order valence-electron chi connectivity index (χ1n) is 18.2. The zero-order valence-electron chi connectivity index (χ0n) is 30.2. The predicted octanol–water partition coefficient (Wildman–Crippen LogP) is 6.30. The molecule has 2 aromatic heterocycles. The topological polar surface area (TPSA) is 185 Å². The van der Waals surface area contributed by atoms with Crippen molar-refractivity contribution in [2.24, 2.45) is 5.73 Å². The molecular formula is C39H46Cl2N8O5. The van der Waals surface area contributed by atoms with E-state index in [1.807, 2.05) is 30.3 Å². The van der Waals surface area contributed by atoms with Crippen molar-refractivity contribution in [3.8, 4) is 11.1 Å². The third-order valence-corrected chi connectivity index (χ3v) is 9.86. The van der Waals surface area contributed by atoms with Gasteiger partial charge >= 0.3 is 6.03 Å². The highest BCUT2D eigenvalue weighted by atomic mass is 35.5. The van der Waals surface area contributed by atoms with Crippen LogP contribution in [-0.4, -0.2) is 74.9 Å². The van der Waals surface area contributed by atoms with Crippen LogP contribution in [0.5, 0.6) is 0 Å². The maximum Gasteiger partial charge on any atom is 0.323 e. The summed E-state index contributed by atoms with van der Waals surface area (Å²) in [6.45, 7) is 3.80. The van der Waals surface area contributed by atoms with E-state index in [-0.39, 0.29) is 52.0 Å². The van der Waals surface area contributed by atoms with Crippen molar-refractivity contribution in [1.82, 2.24) is 25.0 Å². The quantitative estimate of drug-likeness (QED) is 0.0688. The van der Waals surface area contributed by atoms with Gasteiger partial charge in [0.25, 0.3) is 11.5 Å². The molecule has 286 valence electrons. The number of nitrogens with zero attached hydrogens (tertiary/aromatic N) is 4. The molecule has 54 heavy (non-hydrogen) atoms. The zero-order chi connectivity index (χ0) is 38.6. The Labute approximate surface area is 324 Å². The Kier molecular flexibility index (Phi) is 14.6. The molecule has 1 unspecified atom stereocenters. The van der Waals surface area contributed by atoms with Gasteiger partial charge in [0.15, 0.2) is 0 Å². The third kappa shape index (κ3) is 11.1. The minimum Gasteiger partial charge on any atom is -0.396 e. The number of aliphatic hydroxyl groups is 1. The maximum absolute atomic E-state index is 13.1. The number of hydrogen-bond donors (Lipinski definition) is 5. The number of aromatic nitrogens is 3. The van der Waals surface area contributed by atoms with Gasteiger partial charge in [0.05, 0.1) is 28.0 Å². The Morgan fingerprint density at radius 1 is 0.944 bits per heavy atom. The molecule has 0 bridgehead atoms. The number of unbranched alkanes of at least 4 members (excludes halogenated alkanes) is 4. The van der Waals surface area contributed by atoms with Crippen molar-refractivity contribution in [3.63, 3.8) is 0 Å². The second-order valence-corrected chi connectivity index (χ2v) is 14.1. The first-order chi connectivity index (χ1) is 26.1. The zero-order valence-corrected chi connectivity index (χ0v) is 31.7. The van der Waals surface area contributed by atoms with E-state index in [4.69, 9.17) is 28.9 Å². The van der Waals surface area contributed by atoms with Crippen molar-refractivity contribution < 1.29 is 19.5 Å². The normalized spacial score (nSPS) is 13.1. The highest BCUT2D eigenvalue weighted by molar-refractivity contribution is 6.39. The number of rotatable bonds is 19. The molecule has 2 heterocycles. The number of hydrogen-bond acceptors (Lipinski definition) is 8. The van der Waals surface area contributed by atoms with Gasteiger partial charge in [-0.1, -0.05) is 72.8 Å². The number of benzene rings is 2. The standard InChI is InChI=1S/C39H46Cl2N8O5/c1-2-49-38(53)34(45-39(54)46-35-31(40)21-43-22-32(35)41)20-33(47-49)29(24-50)23-48(30-13-14-30)16-10-5-3-4-9-15-44-37(52)28-18-26(17-27(19-28)36(42)51)25-11-7-6-8-12-25/h6-8,11-12,17-22,29-30,50H,2-5,9-10,13-16,23-24H2,1H3,(H2,42,51)(H,44,52)(H2,43,45,46,54). The Hall–Kier alpha value is -4.82. The van der Waals surface area contributed by atoms with Crippen LogP contribution in [0.25, 0.3) is 11.1 Å². The van der Waals surface area contributed by atoms with Gasteiger partial charge in [-0.05, 0) is 74.5 Å². The second-order valence-electron chi connectivity index (χ2n) is 13.3. The molecule has 1 aliphatic rings. The molecule has 4 aromatic rings. The SMILES string of the molecule is CCn1nc(C(CO)CN(CCCCCCCNC(=O)c2cc(C(N)=O)cc(-c3ccccc3)c2)C2CC2)cc(NC(=O)Nc2c(Cl)cncc2Cl)c1=O. The molecule has 0 spiro atoms. The van der Waals surface area contributed by atoms with E-state index >= 15 is 0 Å². The molecule has 4 amide bonds. The summed E-state index contributed by atoms with van der Waals surface area (Å²) in [6, 6.07) is 15.8. The highest BCUT2D eigenvalue weighted by Crippen LogP contribution is 2.31. The molecule has 0 saturated heterocycles. The number of pyridine rings is 1. The highest BCUT2D eigenvalue weighted by Gasteiger charge is 2.31. The number of amides is 4. The van der Waals surface area contributed by atoms with Gasteiger partial charge in [-0.15, -0.1) is 0 Å². The number of primary amides is 1. The molecule has 1 saturated carbocycles. The fourth-order valence-corrected chi connectivity index (χ4v) is 6.69. The van der Waals surface area contributed by atoms with Crippen molar-refractivity contribution in [2.45, 2.75) is 70.4 Å². The van der Waals surface area contributed by atoms with Crippen LogP contribution in [-0.2, 0) is 6.54 Å². The molecule has 0 aliphatic heterocycles. The largest absolute Gasteiger partial charge is 0.396 e. The fourth-order valence-electron chi connectivity index (χ4n) is 6.23. The molecule has 15 heteroatoms. The lowest BCUT2D eigenvalue weighted by atomic mass is 9.99. The maximum atomic E-state index is 13.1. The molecular weight excluding hydrogens is 731 g/mol. The van der Waals surface area contributed by atoms with Crippen LogP contribution < -0.4 is 27.2 Å². The van der Waals surface area contributed by atoms with E-state index in [0.717, 1.165) is 62.6 Å². The van der Waals surface area contributed by atoms with Gasteiger partial charge < -0.3 is 26.8 Å². The lowest BCUT2D eigenvalue weighted by molar-refractivity contribution is 0.0953. The Morgan fingerprint density at radius 2 is 1.63 bits per heavy atom. The summed E-state index contributed by atoms with van der Waals surface area (Å²) < 4.78 is 1.27. The average molecular weight is 778 g/mol. The van der Waals surface area contributed by atoms with Crippen LogP contribution in [0.4, 0.5) is 16.2 Å². The van der Waals surface area contributed by atoms with E-state index in [0.29, 0.717) is 30.4 Å². The van der Waals surface area contributed by atoms with Crippen LogP contribution in [0.15, 0.2) is 71.8 Å². The second kappa shape index (κ2) is 19.5. The summed E-state index contributed by atoms with van der Waals surface area (Å²) in [5, 5.41) is 23.4. The first kappa shape index (κ1) is 40.4. The molecule has 13 nitrogen and oxygen atoms in total. The molecule has 0 radical (unpaired) electrons. The van der Waals surface area contributed by atoms with Gasteiger partial charge in [0, 0.05) is 55.1 Å². The van der Waals surface area contributed by atoms with Gasteiger partial charge in [-0.3, -0.25) is 24.3 Å². The summed E-state index contributed by atoms with van der Waals surface area (Å²) in [6.07, 6.45) is 9.61. The van der Waals surface area contributed by atoms with Crippen molar-refractivity contribution in [3.05, 3.63) is 104 Å². The number of aryl methyl sites for hydroxylation is 1. The van der Waals surface area contributed by atoms with E-state index in [2.05, 4.69) is 30.9 Å². The van der Waals surface area contributed by atoms with Crippen LogP contribution >= 0.6 is 23.2 Å². The monoisotopic (exact) mass is 776 g/mol. The van der Waals surface area contributed by atoms with E-state index in [9.17, 15) is 24.3 Å². The van der Waals surface area contributed by atoms with Crippen LogP contribution in [0.2, 0.25) is 10.0 Å². The summed E-state index contributed by atoms with van der Waals surface area (Å²) >= 11 is 12.3. The minimum atomic E-state index is -0.711. The number of urea groups is 1. The average Bonchev–Trinajstić information content (AvgIpc) is 4.02. The number of aliphatic hydroxyl groups excluding tert-OH is 1. The number of anilines is 2. The molecule has 1 aliphatic carbocycles. The van der Waals surface area contributed by atoms with Crippen LogP contribution in [0.3, 0.4) is 0 Å². The van der Waals surface area contributed by atoms with E-state index < -0.39 is 17.5 Å². The van der Waals surface area contributed by atoms with Crippen molar-refractivity contribution in [2.75, 3.05) is 36.9 Å². The Morgan fingerprint density at radius 3 is 2.30 bits per heavy atom. The fraction of sp³-hybridized carbons (Fsp3) is 0.385. The Balaban J connectivity index is 1.09. The van der Waals surface area contributed by atoms with Gasteiger partial charge in [0.2, 0.25) is 5.91 Å². The van der Waals surface area contributed by atoms with Crippen LogP contribution in [0.1, 0.15) is 84.2 Å². The smallest absolute Gasteiger partial charge is 0.323 e. The first-order valence-corrected chi connectivity index (χ1v) is 19.0. The molecule has 6 N–H and O–H groups in total. The number of carbonyl (C=O) groups is 3. The van der Waals surface area contributed by atoms with Crippen molar-refractivity contribution in [1.29, 1.82) is 0 Å². The van der Waals surface area contributed by atoms with Crippen molar-refractivity contribution >= 4 is 52.4 Å². The lowest BCUT2D eigenvalue weighted by Gasteiger charge is -2.27. The molecule has 2 aromatic carbocycles. The molecule has 1 fully saturated rings. The van der Waals surface area contributed by atoms with E-state index in [1.165, 1.54) is 29.2 Å². The lowest BCUT2D eigenvalue weighted by Crippen LogP contribution is -2.35. The number of carbonyl (C=O) groups excluding carboxylic acids is 3. The summed E-state index contributed by atoms with van der Waals surface area (Å²) in [7, 11) is 0. The van der Waals surface area contributed by atoms with Gasteiger partial charge in [0.1, 0.15) is 5.69 Å². The molecule has 1 atom stereocenters. The predicted molar refractivity (Wildman–Crippen MR) is 211 cm³/mol. The summed E-state index contributed by atoms with van der Waals surface area (Å²) in [5.41, 5.74) is 8.08. The minimum absolute atomic E-state index is 0.0179. The summed E-state index contributed by atoms with van der Waals surface area (Å²) in [4.78, 5) is 57.1. The van der Waals surface area contributed by atoms with E-state index in [1.54, 1.807) is 19.1 Å². The van der Waals surface area contributed by atoms with Gasteiger partial charge in [-0.25, -0.2) is 9.48 Å².